The Hall–Kier alpha value is -2.56. The highest BCUT2D eigenvalue weighted by Crippen LogP contribution is 2.15. The molecule has 5 heteroatoms. The molecule has 2 aromatic rings. The first-order chi connectivity index (χ1) is 11.2. The summed E-state index contributed by atoms with van der Waals surface area (Å²) in [6.07, 6.45) is 1.78. The van der Waals surface area contributed by atoms with Gasteiger partial charge in [-0.25, -0.2) is 0 Å². The van der Waals surface area contributed by atoms with Crippen molar-refractivity contribution in [2.75, 3.05) is 20.2 Å². The third-order valence-electron chi connectivity index (χ3n) is 3.25. The Morgan fingerprint density at radius 2 is 1.91 bits per heavy atom. The van der Waals surface area contributed by atoms with Gasteiger partial charge in [0, 0.05) is 13.2 Å². The van der Waals surface area contributed by atoms with Crippen LogP contribution in [0.5, 0.6) is 5.75 Å². The number of guanidine groups is 1. The third kappa shape index (κ3) is 5.98. The monoisotopic (exact) mass is 312 g/mol. The first-order valence-corrected chi connectivity index (χ1v) is 7.73. The molecule has 0 atom stereocenters. The summed E-state index contributed by atoms with van der Waals surface area (Å²) >= 11 is 0. The number of hydrogen-bond acceptors (Lipinski definition) is 3. The van der Waals surface area contributed by atoms with E-state index in [1.165, 1.54) is 11.1 Å². The van der Waals surface area contributed by atoms with Gasteiger partial charge in [0.15, 0.2) is 5.96 Å². The van der Waals surface area contributed by atoms with Gasteiger partial charge < -0.3 is 15.4 Å². The number of hydrogen-bond donors (Lipinski definition) is 2. The first-order valence-electron chi connectivity index (χ1n) is 7.73. The van der Waals surface area contributed by atoms with Gasteiger partial charge in [-0.2, -0.15) is 0 Å². The zero-order chi connectivity index (χ0) is 16.5. The van der Waals surface area contributed by atoms with Gasteiger partial charge in [-0.05, 0) is 49.2 Å². The zero-order valence-electron chi connectivity index (χ0n) is 14.0. The van der Waals surface area contributed by atoms with E-state index in [9.17, 15) is 0 Å². The molecule has 122 valence electrons. The number of pyridine rings is 1. The zero-order valence-corrected chi connectivity index (χ0v) is 14.0. The third-order valence-corrected chi connectivity index (χ3v) is 3.25. The van der Waals surface area contributed by atoms with Crippen LogP contribution in [0.2, 0.25) is 0 Å². The van der Waals surface area contributed by atoms with Crippen LogP contribution in [0.3, 0.4) is 0 Å². The molecule has 2 N–H and O–H groups in total. The molecular formula is C18H24N4O. The topological polar surface area (TPSA) is 58.5 Å². The number of ether oxygens (including phenoxy) is 1. The smallest absolute Gasteiger partial charge is 0.191 e. The van der Waals surface area contributed by atoms with Crippen LogP contribution in [0, 0.1) is 13.8 Å². The van der Waals surface area contributed by atoms with Crippen LogP contribution in [0.15, 0.2) is 47.6 Å². The Bertz CT molecular complexity index is 620. The summed E-state index contributed by atoms with van der Waals surface area (Å²) in [6.45, 7) is 6.03. The van der Waals surface area contributed by atoms with Gasteiger partial charge in [0.1, 0.15) is 12.4 Å². The predicted molar refractivity (Wildman–Crippen MR) is 93.8 cm³/mol. The van der Waals surface area contributed by atoms with Crippen LogP contribution in [0.25, 0.3) is 0 Å². The van der Waals surface area contributed by atoms with Crippen molar-refractivity contribution in [2.45, 2.75) is 20.4 Å². The first kappa shape index (κ1) is 16.8. The average Bonchev–Trinajstić information content (AvgIpc) is 2.54. The molecule has 23 heavy (non-hydrogen) atoms. The minimum Gasteiger partial charge on any atom is -0.492 e. The number of aliphatic imine (C=N–C) groups is 1. The minimum atomic E-state index is 0.577. The highest BCUT2D eigenvalue weighted by Gasteiger charge is 2.00. The van der Waals surface area contributed by atoms with Crippen molar-refractivity contribution in [2.24, 2.45) is 4.99 Å². The predicted octanol–water partition coefficient (Wildman–Crippen LogP) is 2.44. The lowest BCUT2D eigenvalue weighted by Gasteiger charge is -2.13. The summed E-state index contributed by atoms with van der Waals surface area (Å²) in [6, 6.07) is 12.1. The van der Waals surface area contributed by atoms with E-state index in [-0.39, 0.29) is 0 Å². The fourth-order valence-corrected chi connectivity index (χ4v) is 2.25. The number of benzene rings is 1. The molecule has 0 radical (unpaired) electrons. The Kier molecular flexibility index (Phi) is 6.41. The van der Waals surface area contributed by atoms with E-state index in [0.29, 0.717) is 19.7 Å². The molecule has 5 nitrogen and oxygen atoms in total. The molecule has 0 aliphatic rings. The lowest BCUT2D eigenvalue weighted by molar-refractivity contribution is 0.321. The van der Waals surface area contributed by atoms with Crippen LogP contribution >= 0.6 is 0 Å². The summed E-state index contributed by atoms with van der Waals surface area (Å²) in [7, 11) is 1.75. The summed E-state index contributed by atoms with van der Waals surface area (Å²) in [5.74, 6) is 1.64. The Morgan fingerprint density at radius 3 is 2.57 bits per heavy atom. The van der Waals surface area contributed by atoms with Crippen molar-refractivity contribution in [3.63, 3.8) is 0 Å². The molecule has 0 saturated heterocycles. The molecule has 0 aliphatic heterocycles. The molecular weight excluding hydrogens is 288 g/mol. The van der Waals surface area contributed by atoms with Crippen molar-refractivity contribution in [1.29, 1.82) is 0 Å². The van der Waals surface area contributed by atoms with Gasteiger partial charge in [-0.15, -0.1) is 0 Å². The van der Waals surface area contributed by atoms with Crippen LogP contribution in [0.1, 0.15) is 16.8 Å². The molecule has 0 aliphatic carbocycles. The number of nitrogens with one attached hydrogen (secondary N) is 2. The van der Waals surface area contributed by atoms with Crippen molar-refractivity contribution in [3.8, 4) is 5.75 Å². The molecule has 1 heterocycles. The van der Waals surface area contributed by atoms with E-state index in [1.54, 1.807) is 13.2 Å². The van der Waals surface area contributed by atoms with Crippen LogP contribution in [-0.2, 0) is 6.54 Å². The largest absolute Gasteiger partial charge is 0.492 e. The van der Waals surface area contributed by atoms with E-state index in [0.717, 1.165) is 17.4 Å². The van der Waals surface area contributed by atoms with Crippen LogP contribution in [-0.4, -0.2) is 31.1 Å². The Labute approximate surface area is 137 Å². The second-order valence-electron chi connectivity index (χ2n) is 5.35. The molecule has 0 bridgehead atoms. The number of rotatable bonds is 6. The van der Waals surface area contributed by atoms with Gasteiger partial charge in [0.25, 0.3) is 0 Å². The summed E-state index contributed by atoms with van der Waals surface area (Å²) in [5.41, 5.74) is 3.39. The van der Waals surface area contributed by atoms with Crippen molar-refractivity contribution >= 4 is 5.96 Å². The maximum atomic E-state index is 5.77. The van der Waals surface area contributed by atoms with Crippen LogP contribution < -0.4 is 15.4 Å². The lowest BCUT2D eigenvalue weighted by atomic mass is 10.1. The number of nitrogens with zero attached hydrogens (tertiary/aromatic N) is 2. The fraction of sp³-hybridized carbons (Fsp3) is 0.333. The number of aromatic nitrogens is 1. The molecule has 1 aromatic heterocycles. The molecule has 0 fully saturated rings. The van der Waals surface area contributed by atoms with Gasteiger partial charge >= 0.3 is 0 Å². The van der Waals surface area contributed by atoms with Gasteiger partial charge in [0.05, 0.1) is 18.8 Å². The van der Waals surface area contributed by atoms with E-state index < -0.39 is 0 Å². The molecule has 0 amide bonds. The average molecular weight is 312 g/mol. The van der Waals surface area contributed by atoms with Crippen LogP contribution in [0.4, 0.5) is 0 Å². The summed E-state index contributed by atoms with van der Waals surface area (Å²) in [5, 5.41) is 6.45. The minimum absolute atomic E-state index is 0.577. The van der Waals surface area contributed by atoms with E-state index in [4.69, 9.17) is 4.74 Å². The van der Waals surface area contributed by atoms with E-state index >= 15 is 0 Å². The quantitative estimate of drug-likeness (QED) is 0.489. The highest BCUT2D eigenvalue weighted by molar-refractivity contribution is 5.79. The van der Waals surface area contributed by atoms with Gasteiger partial charge in [0.2, 0.25) is 0 Å². The maximum Gasteiger partial charge on any atom is 0.191 e. The SMILES string of the molecule is CN=C(NCCOc1cc(C)cc(C)c1)NCc1ccccn1. The molecule has 0 saturated carbocycles. The highest BCUT2D eigenvalue weighted by atomic mass is 16.5. The molecule has 2 rings (SSSR count). The Balaban J connectivity index is 1.71. The number of aryl methyl sites for hydroxylation is 2. The standard InChI is InChI=1S/C18H24N4O/c1-14-10-15(2)12-17(11-14)23-9-8-21-18(19-3)22-13-16-6-4-5-7-20-16/h4-7,10-12H,8-9,13H2,1-3H3,(H2,19,21,22). The molecule has 0 spiro atoms. The van der Waals surface area contributed by atoms with Crippen molar-refractivity contribution < 1.29 is 4.74 Å². The Morgan fingerprint density at radius 1 is 1.13 bits per heavy atom. The molecule has 1 aromatic carbocycles. The second-order valence-corrected chi connectivity index (χ2v) is 5.35. The lowest BCUT2D eigenvalue weighted by Crippen LogP contribution is -2.39. The van der Waals surface area contributed by atoms with Crippen molar-refractivity contribution in [3.05, 3.63) is 59.4 Å². The fourth-order valence-electron chi connectivity index (χ4n) is 2.25. The summed E-state index contributed by atoms with van der Waals surface area (Å²) < 4.78 is 5.77. The van der Waals surface area contributed by atoms with Gasteiger partial charge in [-0.3, -0.25) is 9.98 Å². The molecule has 0 unspecified atom stereocenters. The maximum absolute atomic E-state index is 5.77. The van der Waals surface area contributed by atoms with Gasteiger partial charge in [-0.1, -0.05) is 12.1 Å². The summed E-state index contributed by atoms with van der Waals surface area (Å²) in [4.78, 5) is 8.45. The normalized spacial score (nSPS) is 11.2. The van der Waals surface area contributed by atoms with E-state index in [2.05, 4.69) is 40.5 Å². The van der Waals surface area contributed by atoms with Crippen molar-refractivity contribution in [1.82, 2.24) is 15.6 Å². The second kappa shape index (κ2) is 8.78. The van der Waals surface area contributed by atoms with E-state index in [1.807, 2.05) is 30.3 Å².